The summed E-state index contributed by atoms with van der Waals surface area (Å²) in [5.41, 5.74) is 6.14. The standard InChI is InChI=1S/C21H32N4O7S/c1-12(27)17(25-18(28)14(22)11-26)20(30)23-15(8-9-33-2)19(29)24-16(21(31)32)10-13-6-4-3-5-7-13/h3-7,12,14-17,26-27H,8-11,22H2,1-2H3,(H,23,30)(H,24,29)(H,25,28)(H,31,32). The van der Waals surface area contributed by atoms with Gasteiger partial charge in [-0.3, -0.25) is 14.4 Å². The summed E-state index contributed by atoms with van der Waals surface area (Å²) in [5.74, 6) is -3.15. The smallest absolute Gasteiger partial charge is 0.326 e. The summed E-state index contributed by atoms with van der Waals surface area (Å²) in [5, 5.41) is 35.6. The zero-order valence-corrected chi connectivity index (χ0v) is 19.4. The number of carboxylic acid groups (broad SMARTS) is 1. The number of benzene rings is 1. The van der Waals surface area contributed by atoms with Gasteiger partial charge in [-0.1, -0.05) is 30.3 Å². The molecule has 0 bridgehead atoms. The van der Waals surface area contributed by atoms with Crippen LogP contribution in [0.25, 0.3) is 0 Å². The number of nitrogens with two attached hydrogens (primary N) is 1. The lowest BCUT2D eigenvalue weighted by Crippen LogP contribution is -2.60. The number of aliphatic hydroxyl groups is 2. The predicted octanol–water partition coefficient (Wildman–Crippen LogP) is -1.78. The number of rotatable bonds is 14. The Kier molecular flexibility index (Phi) is 12.4. The third-order valence-corrected chi connectivity index (χ3v) is 5.38. The number of nitrogens with one attached hydrogen (secondary N) is 3. The van der Waals surface area contributed by atoms with Crippen LogP contribution in [0.2, 0.25) is 0 Å². The lowest BCUT2D eigenvalue weighted by Gasteiger charge is -2.26. The number of amides is 3. The van der Waals surface area contributed by atoms with Gasteiger partial charge >= 0.3 is 5.97 Å². The number of hydrogen-bond donors (Lipinski definition) is 7. The predicted molar refractivity (Wildman–Crippen MR) is 123 cm³/mol. The number of aliphatic carboxylic acids is 1. The maximum absolute atomic E-state index is 12.9. The Morgan fingerprint density at radius 3 is 2.12 bits per heavy atom. The highest BCUT2D eigenvalue weighted by Crippen LogP contribution is 2.07. The van der Waals surface area contributed by atoms with Gasteiger partial charge in [-0.15, -0.1) is 0 Å². The molecule has 3 amide bonds. The van der Waals surface area contributed by atoms with Crippen LogP contribution in [0.1, 0.15) is 18.9 Å². The zero-order valence-electron chi connectivity index (χ0n) is 18.6. The molecule has 0 saturated carbocycles. The van der Waals surface area contributed by atoms with Crippen LogP contribution in [-0.2, 0) is 25.6 Å². The maximum atomic E-state index is 12.9. The minimum Gasteiger partial charge on any atom is -0.480 e. The highest BCUT2D eigenvalue weighted by atomic mass is 32.2. The van der Waals surface area contributed by atoms with E-state index in [9.17, 15) is 29.4 Å². The van der Waals surface area contributed by atoms with E-state index in [1.54, 1.807) is 36.6 Å². The SMILES string of the molecule is CSCCC(NC(=O)C(NC(=O)C(N)CO)C(C)O)C(=O)NC(Cc1ccccc1)C(=O)O. The van der Waals surface area contributed by atoms with E-state index in [-0.39, 0.29) is 12.8 Å². The number of hydrogen-bond acceptors (Lipinski definition) is 8. The van der Waals surface area contributed by atoms with Gasteiger partial charge in [-0.2, -0.15) is 11.8 Å². The number of aliphatic hydroxyl groups excluding tert-OH is 2. The minimum atomic E-state index is -1.43. The van der Waals surface area contributed by atoms with Crippen LogP contribution < -0.4 is 21.7 Å². The van der Waals surface area contributed by atoms with Gasteiger partial charge in [0.15, 0.2) is 0 Å². The van der Waals surface area contributed by atoms with Gasteiger partial charge in [0.05, 0.1) is 12.7 Å². The number of carbonyl (C=O) groups is 4. The van der Waals surface area contributed by atoms with Crippen molar-refractivity contribution in [2.24, 2.45) is 5.73 Å². The Balaban J connectivity index is 2.94. The third kappa shape index (κ3) is 9.78. The number of carbonyl (C=O) groups excluding carboxylic acids is 3. The Morgan fingerprint density at radius 1 is 1.00 bits per heavy atom. The Hall–Kier alpha value is -2.67. The lowest BCUT2D eigenvalue weighted by atomic mass is 10.0. The molecular formula is C21H32N4O7S. The Bertz CT molecular complexity index is 794. The van der Waals surface area contributed by atoms with Gasteiger partial charge in [0.2, 0.25) is 17.7 Å². The molecule has 0 aliphatic heterocycles. The third-order valence-electron chi connectivity index (χ3n) is 4.74. The van der Waals surface area contributed by atoms with Crippen LogP contribution in [0, 0.1) is 0 Å². The second-order valence-corrected chi connectivity index (χ2v) is 8.43. The molecule has 0 radical (unpaired) electrons. The summed E-state index contributed by atoms with van der Waals surface area (Å²) >= 11 is 1.42. The molecular weight excluding hydrogens is 452 g/mol. The molecule has 184 valence electrons. The van der Waals surface area contributed by atoms with Crippen molar-refractivity contribution in [3.05, 3.63) is 35.9 Å². The lowest BCUT2D eigenvalue weighted by molar-refractivity contribution is -0.142. The van der Waals surface area contributed by atoms with E-state index in [1.165, 1.54) is 18.7 Å². The first-order valence-electron chi connectivity index (χ1n) is 10.3. The second-order valence-electron chi connectivity index (χ2n) is 7.45. The highest BCUT2D eigenvalue weighted by Gasteiger charge is 2.32. The largest absolute Gasteiger partial charge is 0.480 e. The van der Waals surface area contributed by atoms with Crippen molar-refractivity contribution >= 4 is 35.5 Å². The number of thioether (sulfide) groups is 1. The average molecular weight is 485 g/mol. The van der Waals surface area contributed by atoms with Gasteiger partial charge < -0.3 is 37.0 Å². The van der Waals surface area contributed by atoms with Crippen molar-refractivity contribution in [1.82, 2.24) is 16.0 Å². The van der Waals surface area contributed by atoms with Crippen LogP contribution in [0.5, 0.6) is 0 Å². The molecule has 0 heterocycles. The van der Waals surface area contributed by atoms with Crippen LogP contribution in [0.15, 0.2) is 30.3 Å². The highest BCUT2D eigenvalue weighted by molar-refractivity contribution is 7.98. The summed E-state index contributed by atoms with van der Waals surface area (Å²) in [6.45, 7) is 0.614. The molecule has 0 aliphatic carbocycles. The summed E-state index contributed by atoms with van der Waals surface area (Å²) in [4.78, 5) is 49.2. The second kappa shape index (κ2) is 14.5. The van der Waals surface area contributed by atoms with Gasteiger partial charge in [-0.05, 0) is 30.9 Å². The molecule has 11 nitrogen and oxygen atoms in total. The summed E-state index contributed by atoms with van der Waals surface area (Å²) in [6, 6.07) is 3.73. The molecule has 1 rings (SSSR count). The topological polar surface area (TPSA) is 191 Å². The Morgan fingerprint density at radius 2 is 1.61 bits per heavy atom. The molecule has 33 heavy (non-hydrogen) atoms. The first-order chi connectivity index (χ1) is 15.6. The van der Waals surface area contributed by atoms with Crippen molar-refractivity contribution in [3.63, 3.8) is 0 Å². The average Bonchev–Trinajstić information content (AvgIpc) is 2.78. The maximum Gasteiger partial charge on any atom is 0.326 e. The fraction of sp³-hybridized carbons (Fsp3) is 0.524. The van der Waals surface area contributed by atoms with Crippen molar-refractivity contribution in [1.29, 1.82) is 0 Å². The molecule has 0 saturated heterocycles. The van der Waals surface area contributed by atoms with Crippen LogP contribution in [-0.4, -0.2) is 87.9 Å². The van der Waals surface area contributed by atoms with E-state index in [0.29, 0.717) is 11.3 Å². The molecule has 12 heteroatoms. The molecule has 1 aromatic carbocycles. The van der Waals surface area contributed by atoms with E-state index in [4.69, 9.17) is 10.8 Å². The first-order valence-corrected chi connectivity index (χ1v) is 11.7. The molecule has 0 aromatic heterocycles. The van der Waals surface area contributed by atoms with Crippen molar-refractivity contribution in [2.45, 2.75) is 50.0 Å². The van der Waals surface area contributed by atoms with Crippen molar-refractivity contribution < 1.29 is 34.5 Å². The molecule has 0 aliphatic rings. The fourth-order valence-corrected chi connectivity index (χ4v) is 3.31. The Labute approximate surface area is 196 Å². The van der Waals surface area contributed by atoms with Crippen LogP contribution in [0.4, 0.5) is 0 Å². The normalized spacial score (nSPS) is 15.4. The van der Waals surface area contributed by atoms with Gasteiger partial charge in [-0.25, -0.2) is 4.79 Å². The van der Waals surface area contributed by atoms with E-state index in [0.717, 1.165) is 0 Å². The van der Waals surface area contributed by atoms with E-state index >= 15 is 0 Å². The van der Waals surface area contributed by atoms with Gasteiger partial charge in [0.1, 0.15) is 24.2 Å². The van der Waals surface area contributed by atoms with Gasteiger partial charge in [0.25, 0.3) is 0 Å². The minimum absolute atomic E-state index is 0.0521. The fourth-order valence-electron chi connectivity index (χ4n) is 2.84. The summed E-state index contributed by atoms with van der Waals surface area (Å²) < 4.78 is 0. The first kappa shape index (κ1) is 28.4. The molecule has 5 atom stereocenters. The summed E-state index contributed by atoms with van der Waals surface area (Å²) in [6.07, 6.45) is 0.721. The molecule has 1 aromatic rings. The zero-order chi connectivity index (χ0) is 25.0. The van der Waals surface area contributed by atoms with Gasteiger partial charge in [0, 0.05) is 6.42 Å². The van der Waals surface area contributed by atoms with Crippen LogP contribution >= 0.6 is 11.8 Å². The molecule has 5 unspecified atom stereocenters. The molecule has 0 fully saturated rings. The van der Waals surface area contributed by atoms with E-state index in [2.05, 4.69) is 16.0 Å². The van der Waals surface area contributed by atoms with Crippen molar-refractivity contribution in [2.75, 3.05) is 18.6 Å². The number of carboxylic acids is 1. The van der Waals surface area contributed by atoms with E-state index in [1.807, 2.05) is 0 Å². The van der Waals surface area contributed by atoms with E-state index < -0.39 is 60.6 Å². The molecule has 0 spiro atoms. The van der Waals surface area contributed by atoms with Crippen LogP contribution in [0.3, 0.4) is 0 Å². The monoisotopic (exact) mass is 484 g/mol. The quantitative estimate of drug-likeness (QED) is 0.160. The van der Waals surface area contributed by atoms with Crippen molar-refractivity contribution in [3.8, 4) is 0 Å². The summed E-state index contributed by atoms with van der Waals surface area (Å²) in [7, 11) is 0. The molecule has 8 N–H and O–H groups in total.